The van der Waals surface area contributed by atoms with Gasteiger partial charge < -0.3 is 10.1 Å². The maximum absolute atomic E-state index is 13.2. The number of nitrogens with zero attached hydrogens (tertiary/aromatic N) is 2. The van der Waals surface area contributed by atoms with Crippen LogP contribution >= 0.6 is 0 Å². The highest BCUT2D eigenvalue weighted by Crippen LogP contribution is 2.36. The summed E-state index contributed by atoms with van der Waals surface area (Å²) in [7, 11) is 0. The van der Waals surface area contributed by atoms with Gasteiger partial charge in [0.05, 0.1) is 6.61 Å². The van der Waals surface area contributed by atoms with Crippen molar-refractivity contribution in [1.29, 1.82) is 0 Å². The molecule has 1 aliphatic carbocycles. The average molecular weight is 407 g/mol. The Balaban J connectivity index is 1.69. The summed E-state index contributed by atoms with van der Waals surface area (Å²) in [4.78, 5) is 7.82. The molecule has 2 aromatic rings. The van der Waals surface area contributed by atoms with Crippen LogP contribution in [0.25, 0.3) is 0 Å². The van der Waals surface area contributed by atoms with Gasteiger partial charge in [0.15, 0.2) is 0 Å². The van der Waals surface area contributed by atoms with Crippen LogP contribution in [0, 0.1) is 0 Å². The molecule has 0 radical (unpaired) electrons. The molecular formula is C22H28F3N3O. The van der Waals surface area contributed by atoms with Crippen molar-refractivity contribution in [2.45, 2.75) is 70.4 Å². The molecule has 0 unspecified atom stereocenters. The number of hydrogen-bond donors (Lipinski definition) is 1. The standard InChI is InChI=1S/C22H28F3N3O/c1-2-3-4-7-14-29-20-19(22(23,24)25)15-26-21(28-20)27-18-12-10-17(11-13-18)16-8-5-6-9-16/h10-13,15-16H,2-9,14H2,1H3,(H,26,27,28). The molecule has 158 valence electrons. The Bertz CT molecular complexity index is 772. The van der Waals surface area contributed by atoms with Crippen LogP contribution in [-0.4, -0.2) is 16.6 Å². The van der Waals surface area contributed by atoms with E-state index in [0.717, 1.165) is 31.1 Å². The van der Waals surface area contributed by atoms with Crippen LogP contribution in [0.2, 0.25) is 0 Å². The third kappa shape index (κ3) is 6.08. The van der Waals surface area contributed by atoms with Gasteiger partial charge in [-0.25, -0.2) is 4.98 Å². The lowest BCUT2D eigenvalue weighted by molar-refractivity contribution is -0.139. The second kappa shape index (κ2) is 9.94. The lowest BCUT2D eigenvalue weighted by atomic mass is 9.98. The summed E-state index contributed by atoms with van der Waals surface area (Å²) in [5, 5.41) is 2.98. The lowest BCUT2D eigenvalue weighted by Gasteiger charge is -2.14. The minimum absolute atomic E-state index is 0.0928. The third-order valence-corrected chi connectivity index (χ3v) is 5.29. The Kier molecular flexibility index (Phi) is 7.34. The third-order valence-electron chi connectivity index (χ3n) is 5.29. The van der Waals surface area contributed by atoms with Crippen molar-refractivity contribution >= 4 is 11.6 Å². The van der Waals surface area contributed by atoms with Crippen molar-refractivity contribution in [1.82, 2.24) is 9.97 Å². The summed E-state index contributed by atoms with van der Waals surface area (Å²) >= 11 is 0. The van der Waals surface area contributed by atoms with Crippen LogP contribution in [0.15, 0.2) is 30.5 Å². The van der Waals surface area contributed by atoms with Crippen molar-refractivity contribution in [2.24, 2.45) is 0 Å². The van der Waals surface area contributed by atoms with Crippen LogP contribution < -0.4 is 10.1 Å². The topological polar surface area (TPSA) is 47.0 Å². The van der Waals surface area contributed by atoms with E-state index in [1.165, 1.54) is 31.2 Å². The summed E-state index contributed by atoms with van der Waals surface area (Å²) in [6.07, 6.45) is 4.89. The fourth-order valence-corrected chi connectivity index (χ4v) is 3.66. The van der Waals surface area contributed by atoms with E-state index >= 15 is 0 Å². The molecule has 0 amide bonds. The number of nitrogens with one attached hydrogen (secondary N) is 1. The van der Waals surface area contributed by atoms with Crippen LogP contribution in [0.5, 0.6) is 5.88 Å². The van der Waals surface area contributed by atoms with Gasteiger partial charge in [-0.2, -0.15) is 18.2 Å². The zero-order valence-corrected chi connectivity index (χ0v) is 16.8. The van der Waals surface area contributed by atoms with Crippen molar-refractivity contribution in [3.05, 3.63) is 41.6 Å². The van der Waals surface area contributed by atoms with Crippen LogP contribution in [-0.2, 0) is 6.18 Å². The first-order valence-electron chi connectivity index (χ1n) is 10.4. The zero-order chi connectivity index (χ0) is 20.7. The number of anilines is 2. The van der Waals surface area contributed by atoms with Gasteiger partial charge in [0, 0.05) is 11.9 Å². The van der Waals surface area contributed by atoms with Crippen LogP contribution in [0.1, 0.15) is 75.3 Å². The van der Waals surface area contributed by atoms with Gasteiger partial charge in [0.2, 0.25) is 11.8 Å². The molecule has 1 aromatic heterocycles. The maximum Gasteiger partial charge on any atom is 0.423 e. The molecule has 3 rings (SSSR count). The van der Waals surface area contributed by atoms with Gasteiger partial charge in [0.25, 0.3) is 0 Å². The SMILES string of the molecule is CCCCCCOc1nc(Nc2ccc(C3CCCC3)cc2)ncc1C(F)(F)F. The van der Waals surface area contributed by atoms with Gasteiger partial charge in [-0.1, -0.05) is 51.2 Å². The van der Waals surface area contributed by atoms with E-state index in [-0.39, 0.29) is 12.6 Å². The first-order chi connectivity index (χ1) is 14.0. The van der Waals surface area contributed by atoms with Gasteiger partial charge in [-0.05, 0) is 42.9 Å². The second-order valence-electron chi connectivity index (χ2n) is 7.55. The van der Waals surface area contributed by atoms with E-state index in [9.17, 15) is 13.2 Å². The Morgan fingerprint density at radius 2 is 1.79 bits per heavy atom. The Labute approximate surface area is 169 Å². The molecule has 1 N–H and O–H groups in total. The summed E-state index contributed by atoms with van der Waals surface area (Å²) in [5.41, 5.74) is 1.09. The second-order valence-corrected chi connectivity index (χ2v) is 7.55. The number of unbranched alkanes of at least 4 members (excludes halogenated alkanes) is 3. The molecule has 1 fully saturated rings. The van der Waals surface area contributed by atoms with Crippen LogP contribution in [0.4, 0.5) is 24.8 Å². The van der Waals surface area contributed by atoms with Gasteiger partial charge in [-0.3, -0.25) is 0 Å². The highest BCUT2D eigenvalue weighted by Gasteiger charge is 2.36. The average Bonchev–Trinajstić information content (AvgIpc) is 3.22. The molecular weight excluding hydrogens is 379 g/mol. The predicted molar refractivity (Wildman–Crippen MR) is 108 cm³/mol. The van der Waals surface area contributed by atoms with Crippen molar-refractivity contribution in [2.75, 3.05) is 11.9 Å². The maximum atomic E-state index is 13.2. The Morgan fingerprint density at radius 1 is 1.07 bits per heavy atom. The number of halogens is 3. The smallest absolute Gasteiger partial charge is 0.423 e. The molecule has 0 aliphatic heterocycles. The van der Waals surface area contributed by atoms with Crippen molar-refractivity contribution in [3.8, 4) is 5.88 Å². The molecule has 1 heterocycles. The van der Waals surface area contributed by atoms with Crippen molar-refractivity contribution < 1.29 is 17.9 Å². The van der Waals surface area contributed by atoms with Gasteiger partial charge in [0.1, 0.15) is 5.56 Å². The first kappa shape index (κ1) is 21.4. The molecule has 0 saturated heterocycles. The normalized spacial score (nSPS) is 14.9. The highest BCUT2D eigenvalue weighted by atomic mass is 19.4. The van der Waals surface area contributed by atoms with E-state index in [1.807, 2.05) is 12.1 Å². The molecule has 29 heavy (non-hydrogen) atoms. The number of alkyl halides is 3. The van der Waals surface area contributed by atoms with Gasteiger partial charge in [-0.15, -0.1) is 0 Å². The lowest BCUT2D eigenvalue weighted by Crippen LogP contribution is -2.13. The fourth-order valence-electron chi connectivity index (χ4n) is 3.66. The highest BCUT2D eigenvalue weighted by molar-refractivity contribution is 5.54. The number of hydrogen-bond acceptors (Lipinski definition) is 4. The minimum Gasteiger partial charge on any atom is -0.477 e. The van der Waals surface area contributed by atoms with E-state index < -0.39 is 17.6 Å². The zero-order valence-electron chi connectivity index (χ0n) is 16.8. The summed E-state index contributed by atoms with van der Waals surface area (Å²) in [5.74, 6) is 0.281. The van der Waals surface area contributed by atoms with E-state index in [1.54, 1.807) is 0 Å². The number of aromatic nitrogens is 2. The molecule has 7 heteroatoms. The number of benzene rings is 1. The Morgan fingerprint density at radius 3 is 2.45 bits per heavy atom. The molecule has 0 bridgehead atoms. The first-order valence-corrected chi connectivity index (χ1v) is 10.4. The largest absolute Gasteiger partial charge is 0.477 e. The molecule has 0 atom stereocenters. The summed E-state index contributed by atoms with van der Waals surface area (Å²) < 4.78 is 45.1. The predicted octanol–water partition coefficient (Wildman–Crippen LogP) is 6.86. The Hall–Kier alpha value is -2.31. The molecule has 1 aromatic carbocycles. The molecule has 0 spiro atoms. The minimum atomic E-state index is -4.56. The van der Waals surface area contributed by atoms with Gasteiger partial charge >= 0.3 is 6.18 Å². The van der Waals surface area contributed by atoms with E-state index in [2.05, 4.69) is 34.3 Å². The van der Waals surface area contributed by atoms with Crippen molar-refractivity contribution in [3.63, 3.8) is 0 Å². The molecule has 4 nitrogen and oxygen atoms in total. The molecule has 1 saturated carbocycles. The number of ether oxygens (including phenoxy) is 1. The monoisotopic (exact) mass is 407 g/mol. The fraction of sp³-hybridized carbons (Fsp3) is 0.545. The molecule has 1 aliphatic rings. The summed E-state index contributed by atoms with van der Waals surface area (Å²) in [6.45, 7) is 2.28. The quantitative estimate of drug-likeness (QED) is 0.462. The number of rotatable bonds is 9. The van der Waals surface area contributed by atoms with E-state index in [4.69, 9.17) is 4.74 Å². The van der Waals surface area contributed by atoms with Crippen LogP contribution in [0.3, 0.4) is 0 Å². The van der Waals surface area contributed by atoms with E-state index in [0.29, 0.717) is 12.3 Å². The summed E-state index contributed by atoms with van der Waals surface area (Å²) in [6, 6.07) is 7.96.